The van der Waals surface area contributed by atoms with Gasteiger partial charge >= 0.3 is 0 Å². The van der Waals surface area contributed by atoms with Gasteiger partial charge in [0.15, 0.2) is 5.78 Å². The first kappa shape index (κ1) is 12.9. The normalized spacial score (nSPS) is 10.0. The lowest BCUT2D eigenvalue weighted by atomic mass is 10.1. The summed E-state index contributed by atoms with van der Waals surface area (Å²) in [4.78, 5) is 31.4. The molecule has 0 fully saturated rings. The van der Waals surface area contributed by atoms with Crippen molar-refractivity contribution in [3.8, 4) is 0 Å². The number of carbonyl (C=O) groups is 2. The predicted molar refractivity (Wildman–Crippen MR) is 71.2 cm³/mol. The Bertz CT molecular complexity index is 621. The van der Waals surface area contributed by atoms with Gasteiger partial charge in [-0.25, -0.2) is 4.98 Å². The van der Waals surface area contributed by atoms with Crippen LogP contribution < -0.4 is 5.32 Å². The number of carbonyl (C=O) groups excluding carboxylic acids is 2. The monoisotopic (exact) mass is 255 g/mol. The third-order valence-electron chi connectivity index (χ3n) is 2.57. The van der Waals surface area contributed by atoms with E-state index in [1.807, 2.05) is 0 Å². The Morgan fingerprint density at radius 2 is 1.84 bits per heavy atom. The summed E-state index contributed by atoms with van der Waals surface area (Å²) >= 11 is 0. The third kappa shape index (κ3) is 3.01. The SMILES string of the molecule is CC(=O)c1ccccc1NC(=O)c1cnc(C)cn1. The average molecular weight is 255 g/mol. The summed E-state index contributed by atoms with van der Waals surface area (Å²) in [7, 11) is 0. The van der Waals surface area contributed by atoms with Gasteiger partial charge in [-0.3, -0.25) is 14.6 Å². The molecule has 19 heavy (non-hydrogen) atoms. The Morgan fingerprint density at radius 3 is 2.47 bits per heavy atom. The number of aromatic nitrogens is 2. The van der Waals surface area contributed by atoms with Crippen LogP contribution in [-0.4, -0.2) is 21.7 Å². The van der Waals surface area contributed by atoms with Gasteiger partial charge in [-0.05, 0) is 26.0 Å². The zero-order valence-electron chi connectivity index (χ0n) is 10.7. The average Bonchev–Trinajstić information content (AvgIpc) is 2.39. The van der Waals surface area contributed by atoms with Crippen LogP contribution in [0.1, 0.15) is 33.5 Å². The second kappa shape index (κ2) is 5.39. The predicted octanol–water partition coefficient (Wildman–Crippen LogP) is 2.24. The molecule has 1 amide bonds. The van der Waals surface area contributed by atoms with Crippen molar-refractivity contribution in [1.82, 2.24) is 9.97 Å². The summed E-state index contributed by atoms with van der Waals surface area (Å²) in [5.41, 5.74) is 1.89. The van der Waals surface area contributed by atoms with E-state index in [2.05, 4.69) is 15.3 Å². The van der Waals surface area contributed by atoms with Crippen molar-refractivity contribution in [2.75, 3.05) is 5.32 Å². The van der Waals surface area contributed by atoms with E-state index in [0.29, 0.717) is 11.3 Å². The number of amides is 1. The van der Waals surface area contributed by atoms with Crippen LogP contribution in [0.3, 0.4) is 0 Å². The van der Waals surface area contributed by atoms with Gasteiger partial charge in [0.1, 0.15) is 5.69 Å². The van der Waals surface area contributed by atoms with Crippen molar-refractivity contribution in [3.63, 3.8) is 0 Å². The lowest BCUT2D eigenvalue weighted by Gasteiger charge is -2.08. The Hall–Kier alpha value is -2.56. The molecule has 5 nitrogen and oxygen atoms in total. The number of anilines is 1. The van der Waals surface area contributed by atoms with Crippen molar-refractivity contribution in [3.05, 3.63) is 53.6 Å². The van der Waals surface area contributed by atoms with Gasteiger partial charge < -0.3 is 5.32 Å². The molecule has 0 radical (unpaired) electrons. The van der Waals surface area contributed by atoms with Gasteiger partial charge in [-0.1, -0.05) is 12.1 Å². The first-order chi connectivity index (χ1) is 9.08. The summed E-state index contributed by atoms with van der Waals surface area (Å²) in [5.74, 6) is -0.493. The minimum Gasteiger partial charge on any atom is -0.320 e. The zero-order chi connectivity index (χ0) is 13.8. The first-order valence-electron chi connectivity index (χ1n) is 5.78. The number of hydrogen-bond acceptors (Lipinski definition) is 4. The molecule has 1 aromatic carbocycles. The van der Waals surface area contributed by atoms with Crippen LogP contribution in [0.4, 0.5) is 5.69 Å². The van der Waals surface area contributed by atoms with E-state index in [1.165, 1.54) is 19.3 Å². The number of hydrogen-bond donors (Lipinski definition) is 1. The summed E-state index contributed by atoms with van der Waals surface area (Å²) in [6.07, 6.45) is 2.92. The van der Waals surface area contributed by atoms with E-state index in [0.717, 1.165) is 5.69 Å². The standard InChI is InChI=1S/C14H13N3O2/c1-9-7-16-13(8-15-9)14(19)17-12-6-4-3-5-11(12)10(2)18/h3-8H,1-2H3,(H,17,19). The van der Waals surface area contributed by atoms with Crippen LogP contribution in [0.15, 0.2) is 36.7 Å². The quantitative estimate of drug-likeness (QED) is 0.854. The van der Waals surface area contributed by atoms with Crippen molar-refractivity contribution in [2.45, 2.75) is 13.8 Å². The molecule has 0 aliphatic rings. The smallest absolute Gasteiger partial charge is 0.275 e. The van der Waals surface area contributed by atoms with Crippen molar-refractivity contribution < 1.29 is 9.59 Å². The van der Waals surface area contributed by atoms with E-state index in [1.54, 1.807) is 31.2 Å². The van der Waals surface area contributed by atoms with Gasteiger partial charge in [-0.15, -0.1) is 0 Å². The van der Waals surface area contributed by atoms with E-state index in [4.69, 9.17) is 0 Å². The van der Waals surface area contributed by atoms with Crippen molar-refractivity contribution in [1.29, 1.82) is 0 Å². The Kier molecular flexibility index (Phi) is 3.66. The maximum atomic E-state index is 12.0. The molecule has 1 N–H and O–H groups in total. The molecule has 5 heteroatoms. The third-order valence-corrected chi connectivity index (χ3v) is 2.57. The Labute approximate surface area is 110 Å². The van der Waals surface area contributed by atoms with Gasteiger partial charge in [0.2, 0.25) is 0 Å². The topological polar surface area (TPSA) is 72.0 Å². The highest BCUT2D eigenvalue weighted by Gasteiger charge is 2.12. The van der Waals surface area contributed by atoms with Gasteiger partial charge in [0.25, 0.3) is 5.91 Å². The van der Waals surface area contributed by atoms with Crippen LogP contribution in [0.25, 0.3) is 0 Å². The Balaban J connectivity index is 2.24. The van der Waals surface area contributed by atoms with Crippen LogP contribution in [0.5, 0.6) is 0 Å². The number of nitrogens with zero attached hydrogens (tertiary/aromatic N) is 2. The van der Waals surface area contributed by atoms with E-state index < -0.39 is 0 Å². The lowest BCUT2D eigenvalue weighted by molar-refractivity contribution is 0.101. The number of ketones is 1. The molecule has 2 aromatic rings. The highest BCUT2D eigenvalue weighted by atomic mass is 16.2. The minimum atomic E-state index is -0.388. The molecular weight excluding hydrogens is 242 g/mol. The fourth-order valence-corrected chi connectivity index (χ4v) is 1.60. The number of Topliss-reactive ketones (excluding diaryl/α,β-unsaturated/α-hetero) is 1. The first-order valence-corrected chi connectivity index (χ1v) is 5.78. The van der Waals surface area contributed by atoms with Gasteiger partial charge in [0.05, 0.1) is 17.6 Å². The molecule has 0 atom stereocenters. The second-order valence-electron chi connectivity index (χ2n) is 4.10. The number of aryl methyl sites for hydroxylation is 1. The summed E-state index contributed by atoms with van der Waals surface area (Å²) in [6.45, 7) is 3.25. The van der Waals surface area contributed by atoms with E-state index in [9.17, 15) is 9.59 Å². The lowest BCUT2D eigenvalue weighted by Crippen LogP contribution is -2.16. The van der Waals surface area contributed by atoms with E-state index >= 15 is 0 Å². The van der Waals surface area contributed by atoms with Crippen LogP contribution in [0, 0.1) is 6.92 Å². The zero-order valence-corrected chi connectivity index (χ0v) is 10.7. The summed E-state index contributed by atoms with van der Waals surface area (Å²) < 4.78 is 0. The molecule has 1 aromatic heterocycles. The van der Waals surface area contributed by atoms with Crippen molar-refractivity contribution in [2.24, 2.45) is 0 Å². The molecule has 96 valence electrons. The largest absolute Gasteiger partial charge is 0.320 e. The van der Waals surface area contributed by atoms with Crippen molar-refractivity contribution >= 4 is 17.4 Å². The summed E-state index contributed by atoms with van der Waals surface area (Å²) in [6, 6.07) is 6.84. The molecule has 0 aliphatic carbocycles. The highest BCUT2D eigenvalue weighted by Crippen LogP contribution is 2.16. The maximum absolute atomic E-state index is 12.0. The summed E-state index contributed by atoms with van der Waals surface area (Å²) in [5, 5.41) is 2.67. The molecule has 0 saturated heterocycles. The molecular formula is C14H13N3O2. The molecule has 0 bridgehead atoms. The fraction of sp³-hybridized carbons (Fsp3) is 0.143. The maximum Gasteiger partial charge on any atom is 0.275 e. The molecule has 0 aliphatic heterocycles. The fourth-order valence-electron chi connectivity index (χ4n) is 1.60. The number of para-hydroxylation sites is 1. The molecule has 0 unspecified atom stereocenters. The molecule has 1 heterocycles. The van der Waals surface area contributed by atoms with Gasteiger partial charge in [-0.2, -0.15) is 0 Å². The molecule has 0 saturated carbocycles. The van der Waals surface area contributed by atoms with Crippen LogP contribution in [0.2, 0.25) is 0 Å². The number of nitrogens with one attached hydrogen (secondary N) is 1. The van der Waals surface area contributed by atoms with Gasteiger partial charge in [0, 0.05) is 11.8 Å². The molecule has 2 rings (SSSR count). The molecule has 0 spiro atoms. The second-order valence-corrected chi connectivity index (χ2v) is 4.10. The highest BCUT2D eigenvalue weighted by molar-refractivity contribution is 6.08. The number of rotatable bonds is 3. The number of benzene rings is 1. The van der Waals surface area contributed by atoms with Crippen LogP contribution >= 0.6 is 0 Å². The van der Waals surface area contributed by atoms with Crippen LogP contribution in [-0.2, 0) is 0 Å². The van der Waals surface area contributed by atoms with E-state index in [-0.39, 0.29) is 17.4 Å². The Morgan fingerprint density at radius 1 is 1.11 bits per heavy atom. The minimum absolute atomic E-state index is 0.106.